The van der Waals surface area contributed by atoms with Crippen LogP contribution in [0.25, 0.3) is 0 Å². The van der Waals surface area contributed by atoms with Gasteiger partial charge in [0, 0.05) is 0 Å². The van der Waals surface area contributed by atoms with Crippen LogP contribution in [0.2, 0.25) is 0 Å². The summed E-state index contributed by atoms with van der Waals surface area (Å²) in [5, 5.41) is 0. The van der Waals surface area contributed by atoms with Crippen LogP contribution in [0.1, 0.15) is 20.8 Å². The van der Waals surface area contributed by atoms with Crippen molar-refractivity contribution in [3.05, 3.63) is 36.5 Å². The molecule has 0 fully saturated rings. The third-order valence-corrected chi connectivity index (χ3v) is 1.69. The molecule has 0 unspecified atom stereocenters. The standard InChI is InChI=1S/C13H22O3/c1-4-7-10-14-13(15-11-8-5-2)16-12-9-6-3/h4-9,13H,10-12H2,1-3H3/b7-4+,8-5+,9-6+. The van der Waals surface area contributed by atoms with Crippen LogP contribution in [0.5, 0.6) is 0 Å². The molecule has 0 N–H and O–H groups in total. The van der Waals surface area contributed by atoms with E-state index in [0.29, 0.717) is 19.8 Å². The van der Waals surface area contributed by atoms with Crippen molar-refractivity contribution < 1.29 is 14.2 Å². The first-order valence-electron chi connectivity index (χ1n) is 5.53. The second-order valence-electron chi connectivity index (χ2n) is 3.00. The highest BCUT2D eigenvalue weighted by atomic mass is 16.8. The summed E-state index contributed by atoms with van der Waals surface area (Å²) in [6, 6.07) is 0. The number of rotatable bonds is 9. The SMILES string of the molecule is C/C=C/COC(OC/C=C/C)OC/C=C/C. The lowest BCUT2D eigenvalue weighted by molar-refractivity contribution is -0.275. The van der Waals surface area contributed by atoms with E-state index in [2.05, 4.69) is 0 Å². The Bertz CT molecular complexity index is 181. The van der Waals surface area contributed by atoms with Gasteiger partial charge in [0.25, 0.3) is 6.48 Å². The van der Waals surface area contributed by atoms with Crippen LogP contribution < -0.4 is 0 Å². The summed E-state index contributed by atoms with van der Waals surface area (Å²) in [4.78, 5) is 0. The Labute approximate surface area is 98.4 Å². The molecule has 0 radical (unpaired) electrons. The Kier molecular flexibility index (Phi) is 11.5. The minimum absolute atomic E-state index is 0.493. The van der Waals surface area contributed by atoms with E-state index in [1.165, 1.54) is 0 Å². The van der Waals surface area contributed by atoms with Crippen molar-refractivity contribution >= 4 is 0 Å². The number of hydrogen-bond donors (Lipinski definition) is 0. The molecule has 0 aromatic rings. The van der Waals surface area contributed by atoms with Gasteiger partial charge >= 0.3 is 0 Å². The van der Waals surface area contributed by atoms with Crippen LogP contribution in [0, 0.1) is 0 Å². The lowest BCUT2D eigenvalue weighted by Crippen LogP contribution is -2.21. The van der Waals surface area contributed by atoms with E-state index in [-0.39, 0.29) is 0 Å². The molecular weight excluding hydrogens is 204 g/mol. The summed E-state index contributed by atoms with van der Waals surface area (Å²) in [5.41, 5.74) is 0. The highest BCUT2D eigenvalue weighted by Gasteiger charge is 2.06. The molecule has 92 valence electrons. The molecule has 3 heteroatoms. The Balaban J connectivity index is 3.84. The largest absolute Gasteiger partial charge is 0.326 e. The number of ether oxygens (including phenoxy) is 3. The highest BCUT2D eigenvalue weighted by molar-refractivity contribution is 4.78. The van der Waals surface area contributed by atoms with Crippen LogP contribution >= 0.6 is 0 Å². The topological polar surface area (TPSA) is 27.7 Å². The zero-order valence-corrected chi connectivity index (χ0v) is 10.4. The molecule has 0 aliphatic heterocycles. The third-order valence-electron chi connectivity index (χ3n) is 1.69. The van der Waals surface area contributed by atoms with Crippen LogP contribution in [0.3, 0.4) is 0 Å². The first kappa shape index (κ1) is 15.1. The summed E-state index contributed by atoms with van der Waals surface area (Å²) in [6.45, 7) is 6.70. The molecule has 0 spiro atoms. The molecule has 0 heterocycles. The van der Waals surface area contributed by atoms with Gasteiger partial charge in [0.15, 0.2) is 0 Å². The van der Waals surface area contributed by atoms with E-state index in [9.17, 15) is 0 Å². The molecule has 3 nitrogen and oxygen atoms in total. The summed E-state index contributed by atoms with van der Waals surface area (Å²) in [6.07, 6.45) is 11.5. The smallest absolute Gasteiger partial charge is 0.272 e. The Morgan fingerprint density at radius 2 is 1.00 bits per heavy atom. The summed E-state index contributed by atoms with van der Waals surface area (Å²) >= 11 is 0. The second kappa shape index (κ2) is 12.2. The molecule has 0 aliphatic rings. The Morgan fingerprint density at radius 3 is 1.25 bits per heavy atom. The normalized spacial score (nSPS) is 12.8. The summed E-state index contributed by atoms with van der Waals surface area (Å²) in [7, 11) is 0. The average Bonchev–Trinajstić information content (AvgIpc) is 2.29. The van der Waals surface area contributed by atoms with Crippen molar-refractivity contribution in [3.8, 4) is 0 Å². The number of hydrogen-bond acceptors (Lipinski definition) is 3. The Morgan fingerprint density at radius 1 is 0.688 bits per heavy atom. The molecule has 0 bridgehead atoms. The molecule has 0 rings (SSSR count). The van der Waals surface area contributed by atoms with Gasteiger partial charge in [0.2, 0.25) is 0 Å². The second-order valence-corrected chi connectivity index (χ2v) is 3.00. The van der Waals surface area contributed by atoms with E-state index in [1.54, 1.807) is 0 Å². The van der Waals surface area contributed by atoms with Crippen LogP contribution in [0.15, 0.2) is 36.5 Å². The summed E-state index contributed by atoms with van der Waals surface area (Å²) < 4.78 is 16.1. The molecule has 0 saturated carbocycles. The van der Waals surface area contributed by atoms with Crippen molar-refractivity contribution in [1.29, 1.82) is 0 Å². The van der Waals surface area contributed by atoms with Gasteiger partial charge in [-0.25, -0.2) is 0 Å². The van der Waals surface area contributed by atoms with E-state index in [1.807, 2.05) is 57.2 Å². The molecule has 0 saturated heterocycles. The van der Waals surface area contributed by atoms with E-state index >= 15 is 0 Å². The maximum Gasteiger partial charge on any atom is 0.272 e. The number of allylic oxidation sites excluding steroid dienone is 3. The van der Waals surface area contributed by atoms with E-state index < -0.39 is 6.48 Å². The first-order chi connectivity index (χ1) is 7.85. The van der Waals surface area contributed by atoms with Crippen LogP contribution in [-0.2, 0) is 14.2 Å². The van der Waals surface area contributed by atoms with Crippen LogP contribution in [-0.4, -0.2) is 26.3 Å². The van der Waals surface area contributed by atoms with Gasteiger partial charge in [0.05, 0.1) is 19.8 Å². The Hall–Kier alpha value is -0.900. The molecule has 0 atom stereocenters. The molecular formula is C13H22O3. The van der Waals surface area contributed by atoms with Crippen LogP contribution in [0.4, 0.5) is 0 Å². The van der Waals surface area contributed by atoms with Gasteiger partial charge in [-0.1, -0.05) is 36.5 Å². The van der Waals surface area contributed by atoms with Crippen molar-refractivity contribution in [2.24, 2.45) is 0 Å². The van der Waals surface area contributed by atoms with Gasteiger partial charge in [-0.3, -0.25) is 0 Å². The van der Waals surface area contributed by atoms with Crippen molar-refractivity contribution in [2.75, 3.05) is 19.8 Å². The monoisotopic (exact) mass is 226 g/mol. The highest BCUT2D eigenvalue weighted by Crippen LogP contribution is 1.99. The molecule has 0 amide bonds. The fourth-order valence-electron chi connectivity index (χ4n) is 0.835. The predicted molar refractivity (Wildman–Crippen MR) is 66.1 cm³/mol. The van der Waals surface area contributed by atoms with Gasteiger partial charge < -0.3 is 14.2 Å². The zero-order valence-electron chi connectivity index (χ0n) is 10.4. The molecule has 0 aliphatic carbocycles. The van der Waals surface area contributed by atoms with Gasteiger partial charge in [-0.2, -0.15) is 0 Å². The lowest BCUT2D eigenvalue weighted by atomic mass is 10.5. The zero-order chi connectivity index (χ0) is 12.1. The lowest BCUT2D eigenvalue weighted by Gasteiger charge is -2.16. The average molecular weight is 226 g/mol. The third kappa shape index (κ3) is 9.65. The fraction of sp³-hybridized carbons (Fsp3) is 0.538. The molecule has 0 aromatic heterocycles. The molecule has 0 aromatic carbocycles. The maximum atomic E-state index is 5.38. The van der Waals surface area contributed by atoms with E-state index in [0.717, 1.165) is 0 Å². The summed E-state index contributed by atoms with van der Waals surface area (Å²) in [5.74, 6) is 0. The predicted octanol–water partition coefficient (Wildman–Crippen LogP) is 3.05. The van der Waals surface area contributed by atoms with Crippen molar-refractivity contribution in [3.63, 3.8) is 0 Å². The fourth-order valence-corrected chi connectivity index (χ4v) is 0.835. The van der Waals surface area contributed by atoms with E-state index in [4.69, 9.17) is 14.2 Å². The first-order valence-corrected chi connectivity index (χ1v) is 5.53. The molecule has 16 heavy (non-hydrogen) atoms. The van der Waals surface area contributed by atoms with Crippen molar-refractivity contribution in [1.82, 2.24) is 0 Å². The maximum absolute atomic E-state index is 5.38. The quantitative estimate of drug-likeness (QED) is 0.447. The minimum atomic E-state index is -0.608. The van der Waals surface area contributed by atoms with Gasteiger partial charge in [0.1, 0.15) is 0 Å². The van der Waals surface area contributed by atoms with Gasteiger partial charge in [-0.15, -0.1) is 0 Å². The minimum Gasteiger partial charge on any atom is -0.326 e. The van der Waals surface area contributed by atoms with Gasteiger partial charge in [-0.05, 0) is 20.8 Å². The van der Waals surface area contributed by atoms with Crippen molar-refractivity contribution in [2.45, 2.75) is 27.2 Å².